The average molecular weight is 339 g/mol. The highest BCUT2D eigenvalue weighted by Crippen LogP contribution is 2.24. The number of nitrogens with one attached hydrogen (secondary N) is 2. The van der Waals surface area contributed by atoms with Crippen molar-refractivity contribution in [1.29, 1.82) is 0 Å². The Bertz CT molecular complexity index is 802. The molecule has 0 aromatic heterocycles. The number of amides is 1. The smallest absolute Gasteiger partial charge is 0.263 e. The van der Waals surface area contributed by atoms with E-state index in [4.69, 9.17) is 11.6 Å². The van der Waals surface area contributed by atoms with Crippen molar-refractivity contribution in [3.8, 4) is 0 Å². The van der Waals surface area contributed by atoms with Gasteiger partial charge in [0.2, 0.25) is 0 Å². The van der Waals surface area contributed by atoms with Crippen LogP contribution in [0.15, 0.2) is 47.4 Å². The zero-order valence-corrected chi connectivity index (χ0v) is 13.6. The van der Waals surface area contributed by atoms with E-state index in [1.807, 2.05) is 6.92 Å². The molecule has 2 aromatic carbocycles. The molecular weight excluding hydrogens is 324 g/mol. The van der Waals surface area contributed by atoms with E-state index in [1.165, 1.54) is 37.4 Å². The van der Waals surface area contributed by atoms with Gasteiger partial charge in [-0.1, -0.05) is 17.7 Å². The van der Waals surface area contributed by atoms with E-state index in [2.05, 4.69) is 10.0 Å². The number of anilines is 1. The molecule has 0 spiro atoms. The van der Waals surface area contributed by atoms with Gasteiger partial charge in [0.05, 0.1) is 5.02 Å². The van der Waals surface area contributed by atoms with E-state index in [1.54, 1.807) is 12.1 Å². The maximum atomic E-state index is 12.3. The van der Waals surface area contributed by atoms with Crippen LogP contribution in [0.4, 0.5) is 5.69 Å². The molecule has 0 heterocycles. The highest BCUT2D eigenvalue weighted by Gasteiger charge is 2.18. The van der Waals surface area contributed by atoms with Gasteiger partial charge in [0, 0.05) is 18.3 Å². The molecule has 2 rings (SSSR count). The van der Waals surface area contributed by atoms with Crippen LogP contribution in [0.25, 0.3) is 0 Å². The molecule has 0 atom stereocenters. The van der Waals surface area contributed by atoms with Crippen LogP contribution in [0.1, 0.15) is 15.9 Å². The Hall–Kier alpha value is -2.05. The van der Waals surface area contributed by atoms with Crippen LogP contribution in [0, 0.1) is 6.92 Å². The number of rotatable bonds is 4. The summed E-state index contributed by atoms with van der Waals surface area (Å²) >= 11 is 5.99. The van der Waals surface area contributed by atoms with Crippen molar-refractivity contribution in [2.24, 2.45) is 0 Å². The molecule has 0 saturated carbocycles. The van der Waals surface area contributed by atoms with E-state index < -0.39 is 10.0 Å². The first-order valence-electron chi connectivity index (χ1n) is 6.44. The molecule has 0 fully saturated rings. The Labute approximate surface area is 134 Å². The van der Waals surface area contributed by atoms with E-state index in [0.29, 0.717) is 11.3 Å². The molecule has 1 amide bonds. The van der Waals surface area contributed by atoms with Crippen LogP contribution in [0.2, 0.25) is 5.02 Å². The second kappa shape index (κ2) is 6.37. The van der Waals surface area contributed by atoms with Crippen molar-refractivity contribution in [2.75, 3.05) is 11.8 Å². The maximum absolute atomic E-state index is 12.3. The first-order chi connectivity index (χ1) is 10.3. The van der Waals surface area contributed by atoms with Crippen molar-refractivity contribution in [3.63, 3.8) is 0 Å². The molecule has 116 valence electrons. The van der Waals surface area contributed by atoms with Crippen LogP contribution in [0.5, 0.6) is 0 Å². The molecule has 22 heavy (non-hydrogen) atoms. The minimum absolute atomic E-state index is 0.00939. The van der Waals surface area contributed by atoms with Crippen molar-refractivity contribution >= 4 is 33.2 Å². The normalized spacial score (nSPS) is 11.0. The van der Waals surface area contributed by atoms with Gasteiger partial charge in [-0.15, -0.1) is 0 Å². The molecule has 2 N–H and O–H groups in total. The molecular formula is C15H15ClN2O3S. The fourth-order valence-electron chi connectivity index (χ4n) is 1.87. The molecule has 2 aromatic rings. The zero-order valence-electron chi connectivity index (χ0n) is 12.1. The van der Waals surface area contributed by atoms with Gasteiger partial charge >= 0.3 is 0 Å². The predicted octanol–water partition coefficient (Wildman–Crippen LogP) is 2.81. The number of hydrogen-bond acceptors (Lipinski definition) is 3. The summed E-state index contributed by atoms with van der Waals surface area (Å²) < 4.78 is 27.1. The minimum atomic E-state index is -3.78. The van der Waals surface area contributed by atoms with Gasteiger partial charge in [-0.05, 0) is 48.9 Å². The Kier molecular flexibility index (Phi) is 4.73. The van der Waals surface area contributed by atoms with Crippen LogP contribution < -0.4 is 10.0 Å². The van der Waals surface area contributed by atoms with Gasteiger partial charge in [0.1, 0.15) is 4.90 Å². The molecule has 0 saturated heterocycles. The number of aryl methyl sites for hydroxylation is 1. The number of benzene rings is 2. The third-order valence-corrected chi connectivity index (χ3v) is 4.87. The van der Waals surface area contributed by atoms with Gasteiger partial charge in [-0.2, -0.15) is 0 Å². The van der Waals surface area contributed by atoms with E-state index >= 15 is 0 Å². The summed E-state index contributed by atoms with van der Waals surface area (Å²) in [6.07, 6.45) is 0. The fraction of sp³-hybridized carbons (Fsp3) is 0.133. The van der Waals surface area contributed by atoms with Crippen molar-refractivity contribution < 1.29 is 13.2 Å². The second-order valence-electron chi connectivity index (χ2n) is 4.70. The lowest BCUT2D eigenvalue weighted by atomic mass is 10.2. The average Bonchev–Trinajstić information content (AvgIpc) is 2.46. The van der Waals surface area contributed by atoms with Crippen LogP contribution in [0.3, 0.4) is 0 Å². The van der Waals surface area contributed by atoms with E-state index in [0.717, 1.165) is 5.56 Å². The summed E-state index contributed by atoms with van der Waals surface area (Å²) in [5.41, 5.74) is 1.67. The topological polar surface area (TPSA) is 75.3 Å². The summed E-state index contributed by atoms with van der Waals surface area (Å²) in [5.74, 6) is -0.240. The summed E-state index contributed by atoms with van der Waals surface area (Å²) in [5, 5.41) is 2.65. The van der Waals surface area contributed by atoms with Crippen molar-refractivity contribution in [3.05, 3.63) is 58.6 Å². The lowest BCUT2D eigenvalue weighted by Gasteiger charge is -2.10. The number of halogens is 1. The Balaban J connectivity index is 2.27. The van der Waals surface area contributed by atoms with Gasteiger partial charge < -0.3 is 5.32 Å². The quantitative estimate of drug-likeness (QED) is 0.900. The molecule has 0 aliphatic rings. The highest BCUT2D eigenvalue weighted by molar-refractivity contribution is 7.92. The third-order valence-electron chi connectivity index (χ3n) is 3.00. The first-order valence-corrected chi connectivity index (χ1v) is 8.31. The minimum Gasteiger partial charge on any atom is -0.355 e. The second-order valence-corrected chi connectivity index (χ2v) is 6.75. The fourth-order valence-corrected chi connectivity index (χ4v) is 3.53. The number of hydrogen-bond donors (Lipinski definition) is 2. The van der Waals surface area contributed by atoms with Gasteiger partial charge in [0.25, 0.3) is 15.9 Å². The highest BCUT2D eigenvalue weighted by atomic mass is 35.5. The SMILES string of the molecule is CNC(=O)c1ccc(NS(=O)(=O)c2ccc(C)cc2Cl)cc1. The largest absolute Gasteiger partial charge is 0.355 e. The Morgan fingerprint density at radius 2 is 1.73 bits per heavy atom. The van der Waals surface area contributed by atoms with E-state index in [9.17, 15) is 13.2 Å². The molecule has 0 aliphatic heterocycles. The monoisotopic (exact) mass is 338 g/mol. The predicted molar refractivity (Wildman–Crippen MR) is 86.8 cm³/mol. The van der Waals surface area contributed by atoms with Crippen molar-refractivity contribution in [1.82, 2.24) is 5.32 Å². The standard InChI is InChI=1S/C15H15ClN2O3S/c1-10-3-8-14(13(16)9-10)22(20,21)18-12-6-4-11(5-7-12)15(19)17-2/h3-9,18H,1-2H3,(H,17,19). The molecule has 0 radical (unpaired) electrons. The van der Waals surface area contributed by atoms with E-state index in [-0.39, 0.29) is 15.8 Å². The summed E-state index contributed by atoms with van der Waals surface area (Å²) in [6, 6.07) is 10.8. The molecule has 0 bridgehead atoms. The lowest BCUT2D eigenvalue weighted by molar-refractivity contribution is 0.0963. The molecule has 0 aliphatic carbocycles. The molecule has 0 unspecified atom stereocenters. The van der Waals surface area contributed by atoms with Crippen molar-refractivity contribution in [2.45, 2.75) is 11.8 Å². The van der Waals surface area contributed by atoms with Crippen LogP contribution in [-0.4, -0.2) is 21.4 Å². The Morgan fingerprint density at radius 1 is 1.09 bits per heavy atom. The molecule has 7 heteroatoms. The summed E-state index contributed by atoms with van der Waals surface area (Å²) in [6.45, 7) is 1.83. The third kappa shape index (κ3) is 3.58. The molecule has 5 nitrogen and oxygen atoms in total. The van der Waals surface area contributed by atoms with Crippen LogP contribution in [-0.2, 0) is 10.0 Å². The summed E-state index contributed by atoms with van der Waals surface area (Å²) in [7, 11) is -2.26. The Morgan fingerprint density at radius 3 is 2.27 bits per heavy atom. The summed E-state index contributed by atoms with van der Waals surface area (Å²) in [4.78, 5) is 11.5. The van der Waals surface area contributed by atoms with Gasteiger partial charge in [-0.3, -0.25) is 9.52 Å². The lowest BCUT2D eigenvalue weighted by Crippen LogP contribution is -2.18. The number of carbonyl (C=O) groups is 1. The zero-order chi connectivity index (χ0) is 16.3. The number of carbonyl (C=O) groups excluding carboxylic acids is 1. The van der Waals surface area contributed by atoms with Crippen LogP contribution >= 0.6 is 11.6 Å². The number of sulfonamides is 1. The van der Waals surface area contributed by atoms with Gasteiger partial charge in [0.15, 0.2) is 0 Å². The van der Waals surface area contributed by atoms with Gasteiger partial charge in [-0.25, -0.2) is 8.42 Å². The first kappa shape index (κ1) is 16.3. The maximum Gasteiger partial charge on any atom is 0.263 e.